The van der Waals surface area contributed by atoms with Gasteiger partial charge in [-0.2, -0.15) is 0 Å². The van der Waals surface area contributed by atoms with Gasteiger partial charge in [0.15, 0.2) is 6.29 Å². The molecule has 0 radical (unpaired) electrons. The van der Waals surface area contributed by atoms with Crippen LogP contribution in [0.2, 0.25) is 0 Å². The monoisotopic (exact) mass is 426 g/mol. The molecule has 0 saturated carbocycles. The molecule has 1 fully saturated rings. The lowest BCUT2D eigenvalue weighted by atomic mass is 9.79. The Morgan fingerprint density at radius 1 is 0.929 bits per heavy atom. The topological polar surface area (TPSA) is 18.5 Å². The summed E-state index contributed by atoms with van der Waals surface area (Å²) in [6.45, 7) is 8.85. The minimum atomic E-state index is -0.00815. The third-order valence-electron chi connectivity index (χ3n) is 3.41. The SMILES string of the molecule is COC1OC(C)C(C)C(C)C1C.II. The third kappa shape index (κ3) is 3.75. The highest BCUT2D eigenvalue weighted by Gasteiger charge is 2.36. The van der Waals surface area contributed by atoms with Crippen LogP contribution in [-0.2, 0) is 9.47 Å². The highest BCUT2D eigenvalue weighted by Crippen LogP contribution is 2.34. The number of halogens is 2. The Hall–Kier alpha value is 1.38. The summed E-state index contributed by atoms with van der Waals surface area (Å²) in [4.78, 5) is 0. The van der Waals surface area contributed by atoms with Crippen LogP contribution in [0.5, 0.6) is 0 Å². The summed E-state index contributed by atoms with van der Waals surface area (Å²) in [6.07, 6.45) is 0.312. The van der Waals surface area contributed by atoms with Crippen LogP contribution in [0.3, 0.4) is 0 Å². The van der Waals surface area contributed by atoms with E-state index in [1.165, 1.54) is 0 Å². The molecule has 1 heterocycles. The van der Waals surface area contributed by atoms with E-state index in [0.29, 0.717) is 23.9 Å². The maximum atomic E-state index is 5.71. The van der Waals surface area contributed by atoms with Crippen molar-refractivity contribution in [3.05, 3.63) is 0 Å². The van der Waals surface area contributed by atoms with Crippen molar-refractivity contribution in [1.29, 1.82) is 0 Å². The molecule has 0 amide bonds. The van der Waals surface area contributed by atoms with Gasteiger partial charge in [-0.1, -0.05) is 20.8 Å². The Balaban J connectivity index is 0.000000791. The lowest BCUT2D eigenvalue weighted by molar-refractivity contribution is -0.232. The normalized spacial score (nSPS) is 42.6. The first-order valence-corrected chi connectivity index (χ1v) is 11.2. The lowest BCUT2D eigenvalue weighted by Crippen LogP contribution is -2.44. The molecule has 0 aromatic heterocycles. The first kappa shape index (κ1) is 15.4. The summed E-state index contributed by atoms with van der Waals surface area (Å²) in [6, 6.07) is 0. The standard InChI is InChI=1S/C10H20O2.I2/c1-6-7(2)9(4)12-10(11-5)8(6)3;1-2/h6-10H,1-5H3;. The minimum absolute atomic E-state index is 0.00815. The Kier molecular flexibility index (Phi) is 8.37. The number of hydrogen-bond acceptors (Lipinski definition) is 2. The second-order valence-electron chi connectivity index (χ2n) is 4.02. The first-order valence-electron chi connectivity index (χ1n) is 4.90. The number of rotatable bonds is 1. The molecule has 0 spiro atoms. The van der Waals surface area contributed by atoms with Crippen molar-refractivity contribution < 1.29 is 9.47 Å². The van der Waals surface area contributed by atoms with Gasteiger partial charge in [-0.3, -0.25) is 0 Å². The molecule has 1 rings (SSSR count). The minimum Gasteiger partial charge on any atom is -0.356 e. The van der Waals surface area contributed by atoms with Crippen LogP contribution in [0.15, 0.2) is 0 Å². The summed E-state index contributed by atoms with van der Waals surface area (Å²) >= 11 is 4.24. The van der Waals surface area contributed by atoms with Gasteiger partial charge in [0.2, 0.25) is 0 Å². The quantitative estimate of drug-likeness (QED) is 0.590. The van der Waals surface area contributed by atoms with E-state index in [9.17, 15) is 0 Å². The van der Waals surface area contributed by atoms with E-state index >= 15 is 0 Å². The molecule has 0 N–H and O–H groups in total. The Morgan fingerprint density at radius 2 is 1.43 bits per heavy atom. The lowest BCUT2D eigenvalue weighted by Gasteiger charge is -2.41. The maximum absolute atomic E-state index is 5.71. The van der Waals surface area contributed by atoms with Crippen molar-refractivity contribution in [2.45, 2.75) is 40.1 Å². The average Bonchev–Trinajstić information content (AvgIpc) is 2.23. The highest BCUT2D eigenvalue weighted by molar-refractivity contribution is 15.0. The molecule has 4 heteroatoms. The van der Waals surface area contributed by atoms with Crippen molar-refractivity contribution in [1.82, 2.24) is 0 Å². The molecule has 0 aliphatic carbocycles. The summed E-state index contributed by atoms with van der Waals surface area (Å²) in [5, 5.41) is 0. The van der Waals surface area contributed by atoms with Crippen LogP contribution < -0.4 is 0 Å². The van der Waals surface area contributed by atoms with E-state index < -0.39 is 0 Å². The van der Waals surface area contributed by atoms with Crippen molar-refractivity contribution >= 4 is 37.2 Å². The fourth-order valence-electron chi connectivity index (χ4n) is 1.88. The van der Waals surface area contributed by atoms with E-state index in [1.54, 1.807) is 7.11 Å². The fraction of sp³-hybridized carbons (Fsp3) is 1.00. The Bertz CT molecular complexity index is 150. The predicted octanol–water partition coefficient (Wildman–Crippen LogP) is 4.06. The molecule has 1 saturated heterocycles. The smallest absolute Gasteiger partial charge is 0.160 e. The fourth-order valence-corrected chi connectivity index (χ4v) is 1.88. The molecule has 0 aromatic rings. The number of methoxy groups -OCH3 is 1. The summed E-state index contributed by atoms with van der Waals surface area (Å²) < 4.78 is 11.0. The van der Waals surface area contributed by atoms with Gasteiger partial charge in [0.1, 0.15) is 0 Å². The van der Waals surface area contributed by atoms with E-state index in [2.05, 4.69) is 64.9 Å². The predicted molar refractivity (Wildman–Crippen MR) is 76.9 cm³/mol. The number of hydrogen-bond donors (Lipinski definition) is 0. The molecule has 1 aliphatic rings. The Morgan fingerprint density at radius 3 is 1.86 bits per heavy atom. The summed E-state index contributed by atoms with van der Waals surface area (Å²) in [7, 11) is 1.72. The van der Waals surface area contributed by atoms with Gasteiger partial charge in [0.25, 0.3) is 0 Å². The van der Waals surface area contributed by atoms with Crippen LogP contribution in [-0.4, -0.2) is 19.5 Å². The van der Waals surface area contributed by atoms with Crippen LogP contribution in [0.4, 0.5) is 0 Å². The molecule has 86 valence electrons. The summed E-state index contributed by atoms with van der Waals surface area (Å²) in [5.74, 6) is 1.81. The molecule has 5 unspecified atom stereocenters. The summed E-state index contributed by atoms with van der Waals surface area (Å²) in [5.41, 5.74) is 0. The van der Waals surface area contributed by atoms with Gasteiger partial charge >= 0.3 is 0 Å². The van der Waals surface area contributed by atoms with E-state index in [4.69, 9.17) is 9.47 Å². The van der Waals surface area contributed by atoms with Crippen molar-refractivity contribution in [3.63, 3.8) is 0 Å². The van der Waals surface area contributed by atoms with Crippen LogP contribution in [0.1, 0.15) is 27.7 Å². The second kappa shape index (κ2) is 7.62. The molecule has 2 nitrogen and oxygen atoms in total. The van der Waals surface area contributed by atoms with Gasteiger partial charge in [-0.25, -0.2) is 0 Å². The zero-order valence-corrected chi connectivity index (χ0v) is 13.8. The highest BCUT2D eigenvalue weighted by atomic mass is 128. The van der Waals surface area contributed by atoms with Crippen molar-refractivity contribution in [3.8, 4) is 0 Å². The van der Waals surface area contributed by atoms with Crippen LogP contribution >= 0.6 is 37.2 Å². The largest absolute Gasteiger partial charge is 0.356 e. The average molecular weight is 426 g/mol. The maximum Gasteiger partial charge on any atom is 0.160 e. The van der Waals surface area contributed by atoms with Gasteiger partial charge in [0, 0.05) is 50.3 Å². The first-order chi connectivity index (χ1) is 6.57. The molecular formula is C10H20I2O2. The van der Waals surface area contributed by atoms with Gasteiger partial charge < -0.3 is 9.47 Å². The van der Waals surface area contributed by atoms with Crippen LogP contribution in [0.25, 0.3) is 0 Å². The van der Waals surface area contributed by atoms with Crippen LogP contribution in [0, 0.1) is 17.8 Å². The van der Waals surface area contributed by atoms with Gasteiger partial charge in [0.05, 0.1) is 6.10 Å². The molecule has 1 aliphatic heterocycles. The van der Waals surface area contributed by atoms with E-state index in [-0.39, 0.29) is 6.29 Å². The molecule has 0 bridgehead atoms. The zero-order valence-electron chi connectivity index (χ0n) is 9.46. The second-order valence-corrected chi connectivity index (χ2v) is 4.02. The molecule has 0 aromatic carbocycles. The van der Waals surface area contributed by atoms with Gasteiger partial charge in [-0.05, 0) is 18.8 Å². The van der Waals surface area contributed by atoms with Gasteiger partial charge in [-0.15, -0.1) is 0 Å². The number of ether oxygens (including phenoxy) is 2. The van der Waals surface area contributed by atoms with E-state index in [1.807, 2.05) is 0 Å². The third-order valence-corrected chi connectivity index (χ3v) is 3.41. The van der Waals surface area contributed by atoms with Crippen molar-refractivity contribution in [2.75, 3.05) is 7.11 Å². The molecular weight excluding hydrogens is 406 g/mol. The molecule has 5 atom stereocenters. The Labute approximate surface area is 111 Å². The van der Waals surface area contributed by atoms with Crippen molar-refractivity contribution in [2.24, 2.45) is 17.8 Å². The molecule has 14 heavy (non-hydrogen) atoms. The van der Waals surface area contributed by atoms with E-state index in [0.717, 1.165) is 0 Å². The zero-order chi connectivity index (χ0) is 11.3.